The number of aliphatic hydroxyl groups is 1. The molecule has 0 unspecified atom stereocenters. The van der Waals surface area contributed by atoms with Gasteiger partial charge in [-0.15, -0.1) is 0 Å². The van der Waals surface area contributed by atoms with Crippen molar-refractivity contribution >= 4 is 0 Å². The van der Waals surface area contributed by atoms with E-state index in [-0.39, 0.29) is 6.61 Å². The van der Waals surface area contributed by atoms with Crippen molar-refractivity contribution in [3.05, 3.63) is 95.6 Å². The predicted octanol–water partition coefficient (Wildman–Crippen LogP) is 6.02. The summed E-state index contributed by atoms with van der Waals surface area (Å²) in [6.45, 7) is 1.57. The van der Waals surface area contributed by atoms with Crippen LogP contribution < -0.4 is 9.47 Å². The summed E-state index contributed by atoms with van der Waals surface area (Å²) in [5.74, 6) is 1.65. The van der Waals surface area contributed by atoms with Crippen LogP contribution in [0.3, 0.4) is 0 Å². The first-order valence-corrected chi connectivity index (χ1v) is 11.4. The highest BCUT2D eigenvalue weighted by molar-refractivity contribution is 5.43. The molecule has 1 N–H and O–H groups in total. The van der Waals surface area contributed by atoms with Gasteiger partial charge in [0.25, 0.3) is 0 Å². The lowest BCUT2D eigenvalue weighted by Crippen LogP contribution is -2.05. The van der Waals surface area contributed by atoms with Crippen LogP contribution in [0.4, 0.5) is 0 Å². The second-order valence-electron chi connectivity index (χ2n) is 7.84. The van der Waals surface area contributed by atoms with E-state index >= 15 is 0 Å². The zero-order chi connectivity index (χ0) is 21.6. The van der Waals surface area contributed by atoms with Gasteiger partial charge in [0.15, 0.2) is 11.5 Å². The van der Waals surface area contributed by atoms with E-state index in [1.807, 2.05) is 18.2 Å². The molecule has 0 aromatic heterocycles. The molecule has 3 aromatic carbocycles. The van der Waals surface area contributed by atoms with E-state index in [9.17, 15) is 0 Å². The lowest BCUT2D eigenvalue weighted by molar-refractivity contribution is 0.263. The Hall–Kier alpha value is -2.78. The smallest absolute Gasteiger partial charge is 0.161 e. The van der Waals surface area contributed by atoms with Gasteiger partial charge in [0, 0.05) is 6.61 Å². The molecular formula is C28H34O3. The molecule has 0 aliphatic heterocycles. The third-order valence-electron chi connectivity index (χ3n) is 5.30. The summed E-state index contributed by atoms with van der Waals surface area (Å²) in [7, 11) is 0. The van der Waals surface area contributed by atoms with E-state index < -0.39 is 0 Å². The minimum Gasteiger partial charge on any atom is -0.490 e. The fraction of sp³-hybridized carbons (Fsp3) is 0.357. The standard InChI is InChI=1S/C28H34O3/c29-20-8-7-15-26-18-19-27(30-21-9-16-24-11-3-1-4-12-24)28(23-26)31-22-10-17-25-13-5-2-6-14-25/h1-6,11-14,18-19,23,29H,7-10,15-17,20-22H2. The van der Waals surface area contributed by atoms with Crippen molar-refractivity contribution in [2.45, 2.75) is 44.9 Å². The SMILES string of the molecule is OCCCCc1ccc(OCCCc2ccccc2)c(OCCCc2ccccc2)c1. The van der Waals surface area contributed by atoms with Crippen LogP contribution >= 0.6 is 0 Å². The number of hydrogen-bond acceptors (Lipinski definition) is 3. The molecule has 0 fully saturated rings. The van der Waals surface area contributed by atoms with Gasteiger partial charge < -0.3 is 14.6 Å². The first-order chi connectivity index (χ1) is 15.3. The molecule has 0 aliphatic carbocycles. The molecular weight excluding hydrogens is 384 g/mol. The van der Waals surface area contributed by atoms with Gasteiger partial charge in [-0.2, -0.15) is 0 Å². The summed E-state index contributed by atoms with van der Waals surface area (Å²) in [5.41, 5.74) is 3.90. The quantitative estimate of drug-likeness (QED) is 0.325. The van der Waals surface area contributed by atoms with E-state index in [1.165, 1.54) is 16.7 Å². The average Bonchev–Trinajstić information content (AvgIpc) is 2.82. The number of hydrogen-bond donors (Lipinski definition) is 1. The summed E-state index contributed by atoms with van der Waals surface area (Å²) in [5, 5.41) is 9.04. The molecule has 0 spiro atoms. The van der Waals surface area contributed by atoms with Crippen molar-refractivity contribution in [3.63, 3.8) is 0 Å². The maximum Gasteiger partial charge on any atom is 0.161 e. The number of ether oxygens (including phenoxy) is 2. The topological polar surface area (TPSA) is 38.7 Å². The van der Waals surface area contributed by atoms with Crippen LogP contribution in [0.1, 0.15) is 42.4 Å². The second-order valence-corrected chi connectivity index (χ2v) is 7.84. The molecule has 3 aromatic rings. The molecule has 3 rings (SSSR count). The Bertz CT molecular complexity index is 862. The van der Waals surface area contributed by atoms with Crippen LogP contribution in [-0.4, -0.2) is 24.9 Å². The van der Waals surface area contributed by atoms with Crippen molar-refractivity contribution in [2.24, 2.45) is 0 Å². The fourth-order valence-corrected chi connectivity index (χ4v) is 3.59. The van der Waals surface area contributed by atoms with Crippen molar-refractivity contribution in [3.8, 4) is 11.5 Å². The van der Waals surface area contributed by atoms with Crippen LogP contribution in [0, 0.1) is 0 Å². The van der Waals surface area contributed by atoms with Gasteiger partial charge in [-0.25, -0.2) is 0 Å². The van der Waals surface area contributed by atoms with Crippen molar-refractivity contribution in [1.29, 1.82) is 0 Å². The summed E-state index contributed by atoms with van der Waals surface area (Å²) in [6.07, 6.45) is 6.68. The Morgan fingerprint density at radius 1 is 0.516 bits per heavy atom. The summed E-state index contributed by atoms with van der Waals surface area (Å²) >= 11 is 0. The Kier molecular flexibility index (Phi) is 9.98. The van der Waals surface area contributed by atoms with Crippen LogP contribution in [0.2, 0.25) is 0 Å². The molecule has 0 aliphatic rings. The van der Waals surface area contributed by atoms with Crippen LogP contribution in [-0.2, 0) is 19.3 Å². The van der Waals surface area contributed by atoms with Gasteiger partial charge in [0.05, 0.1) is 13.2 Å². The zero-order valence-electron chi connectivity index (χ0n) is 18.3. The van der Waals surface area contributed by atoms with Crippen molar-refractivity contribution < 1.29 is 14.6 Å². The summed E-state index contributed by atoms with van der Waals surface area (Å²) in [4.78, 5) is 0. The van der Waals surface area contributed by atoms with E-state index in [1.54, 1.807) is 0 Å². The Morgan fingerprint density at radius 2 is 1.06 bits per heavy atom. The molecule has 0 radical (unpaired) electrons. The minimum atomic E-state index is 0.242. The number of aryl methyl sites for hydroxylation is 3. The third kappa shape index (κ3) is 8.47. The molecule has 0 bridgehead atoms. The molecule has 31 heavy (non-hydrogen) atoms. The third-order valence-corrected chi connectivity index (χ3v) is 5.30. The number of rotatable bonds is 14. The second kappa shape index (κ2) is 13.5. The molecule has 0 saturated heterocycles. The van der Waals surface area contributed by atoms with Crippen LogP contribution in [0.15, 0.2) is 78.9 Å². The van der Waals surface area contributed by atoms with Gasteiger partial charge >= 0.3 is 0 Å². The zero-order valence-corrected chi connectivity index (χ0v) is 18.3. The number of benzene rings is 3. The normalized spacial score (nSPS) is 10.7. The fourth-order valence-electron chi connectivity index (χ4n) is 3.59. The Morgan fingerprint density at radius 3 is 1.65 bits per heavy atom. The largest absolute Gasteiger partial charge is 0.490 e. The molecule has 0 atom stereocenters. The van der Waals surface area contributed by atoms with Crippen molar-refractivity contribution in [1.82, 2.24) is 0 Å². The van der Waals surface area contributed by atoms with Gasteiger partial charge in [0.2, 0.25) is 0 Å². The first-order valence-electron chi connectivity index (χ1n) is 11.4. The predicted molar refractivity (Wildman–Crippen MR) is 127 cm³/mol. The molecule has 3 heteroatoms. The van der Waals surface area contributed by atoms with Crippen LogP contribution in [0.5, 0.6) is 11.5 Å². The van der Waals surface area contributed by atoms with E-state index in [0.717, 1.165) is 56.4 Å². The van der Waals surface area contributed by atoms with Gasteiger partial charge in [-0.05, 0) is 73.8 Å². The molecule has 164 valence electrons. The number of unbranched alkanes of at least 4 members (excludes halogenated alkanes) is 1. The van der Waals surface area contributed by atoms with E-state index in [2.05, 4.69) is 60.7 Å². The van der Waals surface area contributed by atoms with E-state index in [4.69, 9.17) is 14.6 Å². The minimum absolute atomic E-state index is 0.242. The average molecular weight is 419 g/mol. The lowest BCUT2D eigenvalue weighted by Gasteiger charge is -2.15. The molecule has 3 nitrogen and oxygen atoms in total. The van der Waals surface area contributed by atoms with Gasteiger partial charge in [-0.3, -0.25) is 0 Å². The summed E-state index contributed by atoms with van der Waals surface area (Å²) < 4.78 is 12.2. The molecule has 0 heterocycles. The Balaban J connectivity index is 1.52. The highest BCUT2D eigenvalue weighted by Gasteiger charge is 2.08. The Labute approximate surface area is 186 Å². The highest BCUT2D eigenvalue weighted by atomic mass is 16.5. The molecule has 0 amide bonds. The monoisotopic (exact) mass is 418 g/mol. The summed E-state index contributed by atoms with van der Waals surface area (Å²) in [6, 6.07) is 27.3. The first kappa shape index (κ1) is 22.9. The maximum atomic E-state index is 9.04. The lowest BCUT2D eigenvalue weighted by atomic mass is 10.1. The maximum absolute atomic E-state index is 9.04. The van der Waals surface area contributed by atoms with E-state index in [0.29, 0.717) is 13.2 Å². The van der Waals surface area contributed by atoms with Crippen LogP contribution in [0.25, 0.3) is 0 Å². The highest BCUT2D eigenvalue weighted by Crippen LogP contribution is 2.29. The molecule has 0 saturated carbocycles. The number of aliphatic hydroxyl groups excluding tert-OH is 1. The van der Waals surface area contributed by atoms with Gasteiger partial charge in [0.1, 0.15) is 0 Å². The van der Waals surface area contributed by atoms with Crippen molar-refractivity contribution in [2.75, 3.05) is 19.8 Å². The van der Waals surface area contributed by atoms with Gasteiger partial charge in [-0.1, -0.05) is 66.7 Å².